The number of allylic oxidation sites excluding steroid dienone is 1. The van der Waals surface area contributed by atoms with Gasteiger partial charge < -0.3 is 10.6 Å². The predicted molar refractivity (Wildman–Crippen MR) is 152 cm³/mol. The molecule has 0 aliphatic rings. The summed E-state index contributed by atoms with van der Waals surface area (Å²) in [5.74, 6) is 0.0920. The average molecular weight is 543 g/mol. The Labute approximate surface area is 229 Å². The van der Waals surface area contributed by atoms with Crippen molar-refractivity contribution in [3.8, 4) is 11.4 Å². The summed E-state index contributed by atoms with van der Waals surface area (Å²) >= 11 is 1.26. The van der Waals surface area contributed by atoms with Crippen molar-refractivity contribution in [2.24, 2.45) is 0 Å². The first-order chi connectivity index (χ1) is 18.9. The van der Waals surface area contributed by atoms with Crippen LogP contribution in [0.3, 0.4) is 0 Å². The van der Waals surface area contributed by atoms with Crippen LogP contribution in [0.25, 0.3) is 11.4 Å². The lowest BCUT2D eigenvalue weighted by atomic mass is 10.1. The number of hydrogen-bond acceptors (Lipinski definition) is 7. The van der Waals surface area contributed by atoms with Crippen LogP contribution in [0.4, 0.5) is 17.1 Å². The molecule has 0 saturated heterocycles. The molecule has 0 unspecified atom stereocenters. The van der Waals surface area contributed by atoms with Crippen LogP contribution in [0.15, 0.2) is 96.7 Å². The molecule has 0 radical (unpaired) electrons. The standard InChI is InChI=1S/C28H26N6O4S/c1-3-17-33-25(19-13-15-21(16-14-19)29-26(35)20-9-6-5-7-10-20)31-32-28(33)39-24(4-2)27(36)30-22-11-8-12-23(18-22)34(37)38/h3,5-16,18,24H,1,4,17H2,2H3,(H,29,35)(H,30,36)/t24-/m1/s1. The van der Waals surface area contributed by atoms with Crippen molar-refractivity contribution in [1.29, 1.82) is 0 Å². The number of nitrogens with zero attached hydrogens (tertiary/aromatic N) is 4. The molecule has 10 nitrogen and oxygen atoms in total. The highest BCUT2D eigenvalue weighted by atomic mass is 32.2. The molecule has 0 spiro atoms. The summed E-state index contributed by atoms with van der Waals surface area (Å²) in [6.07, 6.45) is 2.22. The van der Waals surface area contributed by atoms with Crippen molar-refractivity contribution in [1.82, 2.24) is 14.8 Å². The molecule has 0 aliphatic heterocycles. The fraction of sp³-hybridized carbons (Fsp3) is 0.143. The number of aromatic nitrogens is 3. The topological polar surface area (TPSA) is 132 Å². The molecular formula is C28H26N6O4S. The summed E-state index contributed by atoms with van der Waals surface area (Å²) in [6.45, 7) is 6.13. The molecular weight excluding hydrogens is 516 g/mol. The Balaban J connectivity index is 1.49. The van der Waals surface area contributed by atoms with Gasteiger partial charge in [0, 0.05) is 41.2 Å². The Morgan fingerprint density at radius 1 is 1.03 bits per heavy atom. The third-order valence-corrected chi connectivity index (χ3v) is 7.05. The van der Waals surface area contributed by atoms with Gasteiger partial charge in [-0.25, -0.2) is 0 Å². The smallest absolute Gasteiger partial charge is 0.271 e. The molecule has 39 heavy (non-hydrogen) atoms. The van der Waals surface area contributed by atoms with Gasteiger partial charge in [0.25, 0.3) is 11.6 Å². The average Bonchev–Trinajstić information content (AvgIpc) is 3.34. The molecule has 0 bridgehead atoms. The lowest BCUT2D eigenvalue weighted by Gasteiger charge is -2.15. The van der Waals surface area contributed by atoms with Crippen molar-refractivity contribution in [3.05, 3.63) is 107 Å². The van der Waals surface area contributed by atoms with E-state index in [1.54, 1.807) is 48.5 Å². The quantitative estimate of drug-likeness (QED) is 0.106. The van der Waals surface area contributed by atoms with E-state index in [1.165, 1.54) is 30.0 Å². The lowest BCUT2D eigenvalue weighted by Crippen LogP contribution is -2.25. The van der Waals surface area contributed by atoms with Gasteiger partial charge >= 0.3 is 0 Å². The number of anilines is 2. The van der Waals surface area contributed by atoms with E-state index in [2.05, 4.69) is 27.4 Å². The van der Waals surface area contributed by atoms with Crippen molar-refractivity contribution in [2.45, 2.75) is 30.3 Å². The Morgan fingerprint density at radius 2 is 1.77 bits per heavy atom. The van der Waals surface area contributed by atoms with E-state index in [4.69, 9.17) is 0 Å². The second-order valence-corrected chi connectivity index (χ2v) is 9.58. The number of non-ortho nitro benzene ring substituents is 1. The molecule has 2 N–H and O–H groups in total. The van der Waals surface area contributed by atoms with Crippen LogP contribution in [0, 0.1) is 10.1 Å². The Morgan fingerprint density at radius 3 is 2.44 bits per heavy atom. The molecule has 198 valence electrons. The van der Waals surface area contributed by atoms with Gasteiger partial charge in [-0.15, -0.1) is 16.8 Å². The van der Waals surface area contributed by atoms with Crippen LogP contribution in [0.1, 0.15) is 23.7 Å². The Hall–Kier alpha value is -4.77. The number of rotatable bonds is 11. The Bertz CT molecular complexity index is 1490. The number of carbonyl (C=O) groups excluding carboxylic acids is 2. The van der Waals surface area contributed by atoms with Crippen LogP contribution in [-0.2, 0) is 11.3 Å². The fourth-order valence-electron chi connectivity index (χ4n) is 3.75. The minimum Gasteiger partial charge on any atom is -0.325 e. The molecule has 1 aromatic heterocycles. The SMILES string of the molecule is C=CCn1c(S[C@H](CC)C(=O)Nc2cccc([N+](=O)[O-])c2)nnc1-c1ccc(NC(=O)c2ccccc2)cc1. The molecule has 4 rings (SSSR count). The number of nitro benzene ring substituents is 1. The molecule has 0 aliphatic carbocycles. The van der Waals surface area contributed by atoms with E-state index in [0.717, 1.165) is 5.56 Å². The van der Waals surface area contributed by atoms with E-state index in [0.29, 0.717) is 40.9 Å². The minimum atomic E-state index is -0.513. The zero-order valence-electron chi connectivity index (χ0n) is 21.1. The van der Waals surface area contributed by atoms with Gasteiger partial charge in [0.2, 0.25) is 5.91 Å². The first-order valence-corrected chi connectivity index (χ1v) is 13.0. The summed E-state index contributed by atoms with van der Waals surface area (Å²) in [5, 5.41) is 25.4. The molecule has 4 aromatic rings. The highest BCUT2D eigenvalue weighted by molar-refractivity contribution is 8.00. The minimum absolute atomic E-state index is 0.102. The van der Waals surface area contributed by atoms with E-state index in [1.807, 2.05) is 29.7 Å². The predicted octanol–water partition coefficient (Wildman–Crippen LogP) is 5.80. The van der Waals surface area contributed by atoms with E-state index >= 15 is 0 Å². The number of benzene rings is 3. The monoisotopic (exact) mass is 542 g/mol. The van der Waals surface area contributed by atoms with Gasteiger partial charge in [-0.2, -0.15) is 0 Å². The maximum Gasteiger partial charge on any atom is 0.271 e. The number of amides is 2. The maximum absolute atomic E-state index is 13.0. The fourth-order valence-corrected chi connectivity index (χ4v) is 4.71. The van der Waals surface area contributed by atoms with Crippen LogP contribution in [0.5, 0.6) is 0 Å². The number of hydrogen-bond donors (Lipinski definition) is 2. The van der Waals surface area contributed by atoms with Gasteiger partial charge in [-0.1, -0.05) is 49.0 Å². The molecule has 11 heteroatoms. The molecule has 3 aromatic carbocycles. The van der Waals surface area contributed by atoms with E-state index in [-0.39, 0.29) is 17.5 Å². The largest absolute Gasteiger partial charge is 0.325 e. The van der Waals surface area contributed by atoms with Crippen molar-refractivity contribution >= 4 is 40.6 Å². The summed E-state index contributed by atoms with van der Waals surface area (Å²) in [7, 11) is 0. The first-order valence-electron chi connectivity index (χ1n) is 12.1. The second-order valence-electron chi connectivity index (χ2n) is 8.41. The zero-order chi connectivity index (χ0) is 27.8. The first kappa shape index (κ1) is 27.3. The Kier molecular flexibility index (Phi) is 8.85. The maximum atomic E-state index is 13.0. The highest BCUT2D eigenvalue weighted by Crippen LogP contribution is 2.30. The van der Waals surface area contributed by atoms with Crippen LogP contribution >= 0.6 is 11.8 Å². The summed E-state index contributed by atoms with van der Waals surface area (Å²) in [6, 6.07) is 22.0. The second kappa shape index (κ2) is 12.7. The molecule has 0 saturated carbocycles. The third-order valence-electron chi connectivity index (χ3n) is 5.70. The van der Waals surface area contributed by atoms with E-state index in [9.17, 15) is 19.7 Å². The van der Waals surface area contributed by atoms with E-state index < -0.39 is 10.2 Å². The summed E-state index contributed by atoms with van der Waals surface area (Å²) in [5.41, 5.74) is 2.23. The number of nitro groups is 1. The van der Waals surface area contributed by atoms with Gasteiger partial charge in [0.05, 0.1) is 10.2 Å². The molecule has 0 fully saturated rings. The molecule has 1 heterocycles. The zero-order valence-corrected chi connectivity index (χ0v) is 21.9. The summed E-state index contributed by atoms with van der Waals surface area (Å²) in [4.78, 5) is 36.0. The highest BCUT2D eigenvalue weighted by Gasteiger charge is 2.23. The normalized spacial score (nSPS) is 11.4. The van der Waals surface area contributed by atoms with Crippen LogP contribution in [-0.4, -0.2) is 36.8 Å². The van der Waals surface area contributed by atoms with Gasteiger partial charge in [0.1, 0.15) is 0 Å². The molecule has 1 atom stereocenters. The number of nitrogens with one attached hydrogen (secondary N) is 2. The number of thioether (sulfide) groups is 1. The van der Waals surface area contributed by atoms with Crippen molar-refractivity contribution < 1.29 is 14.5 Å². The third kappa shape index (κ3) is 6.76. The van der Waals surface area contributed by atoms with Crippen LogP contribution < -0.4 is 10.6 Å². The van der Waals surface area contributed by atoms with Gasteiger partial charge in [-0.3, -0.25) is 24.3 Å². The van der Waals surface area contributed by atoms with Crippen molar-refractivity contribution in [3.63, 3.8) is 0 Å². The van der Waals surface area contributed by atoms with Gasteiger partial charge in [0.15, 0.2) is 11.0 Å². The molecule has 2 amide bonds. The number of carbonyl (C=O) groups is 2. The van der Waals surface area contributed by atoms with Crippen LogP contribution in [0.2, 0.25) is 0 Å². The summed E-state index contributed by atoms with van der Waals surface area (Å²) < 4.78 is 1.86. The van der Waals surface area contributed by atoms with Gasteiger partial charge in [-0.05, 0) is 48.9 Å². The van der Waals surface area contributed by atoms with Crippen molar-refractivity contribution in [2.75, 3.05) is 10.6 Å². The lowest BCUT2D eigenvalue weighted by molar-refractivity contribution is -0.384.